The van der Waals surface area contributed by atoms with Gasteiger partial charge in [0.15, 0.2) is 5.78 Å². The minimum atomic E-state index is -0.542. The zero-order valence-corrected chi connectivity index (χ0v) is 11.4. The van der Waals surface area contributed by atoms with Crippen LogP contribution in [0.5, 0.6) is 5.75 Å². The van der Waals surface area contributed by atoms with Crippen molar-refractivity contribution in [3.63, 3.8) is 0 Å². The van der Waals surface area contributed by atoms with Gasteiger partial charge in [0.2, 0.25) is 0 Å². The standard InChI is InChI=1S/C14H18O4/c1-8-6-9(2)13(14(18-5)10(8)3)11(15)7-12(16)17-4/h6H,7H2,1-5H3. The summed E-state index contributed by atoms with van der Waals surface area (Å²) in [5.74, 6) is -0.277. The third-order valence-electron chi connectivity index (χ3n) is 3.00. The van der Waals surface area contributed by atoms with Gasteiger partial charge in [-0.25, -0.2) is 0 Å². The van der Waals surface area contributed by atoms with Gasteiger partial charge in [0.1, 0.15) is 12.2 Å². The zero-order chi connectivity index (χ0) is 13.9. The second-order valence-electron chi connectivity index (χ2n) is 4.22. The molecule has 0 aromatic heterocycles. The minimum absolute atomic E-state index is 0.268. The van der Waals surface area contributed by atoms with Gasteiger partial charge in [-0.3, -0.25) is 9.59 Å². The van der Waals surface area contributed by atoms with Crippen LogP contribution in [-0.4, -0.2) is 26.0 Å². The number of hydrogen-bond acceptors (Lipinski definition) is 4. The number of ketones is 1. The molecule has 0 bridgehead atoms. The highest BCUT2D eigenvalue weighted by molar-refractivity contribution is 6.08. The second kappa shape index (κ2) is 5.67. The van der Waals surface area contributed by atoms with Gasteiger partial charge in [0.25, 0.3) is 0 Å². The number of aryl methyl sites for hydroxylation is 2. The van der Waals surface area contributed by atoms with E-state index in [9.17, 15) is 9.59 Å². The molecule has 0 atom stereocenters. The summed E-state index contributed by atoms with van der Waals surface area (Å²) >= 11 is 0. The van der Waals surface area contributed by atoms with E-state index in [0.717, 1.165) is 16.7 Å². The fourth-order valence-electron chi connectivity index (χ4n) is 1.94. The minimum Gasteiger partial charge on any atom is -0.496 e. The Labute approximate surface area is 107 Å². The molecule has 4 nitrogen and oxygen atoms in total. The summed E-state index contributed by atoms with van der Waals surface area (Å²) < 4.78 is 9.81. The van der Waals surface area contributed by atoms with Gasteiger partial charge in [-0.15, -0.1) is 0 Å². The van der Waals surface area contributed by atoms with Crippen molar-refractivity contribution in [1.29, 1.82) is 0 Å². The first kappa shape index (κ1) is 14.2. The van der Waals surface area contributed by atoms with E-state index in [2.05, 4.69) is 4.74 Å². The number of Topliss-reactive ketones (excluding diaryl/α,β-unsaturated/α-hetero) is 1. The normalized spacial score (nSPS) is 10.1. The van der Waals surface area contributed by atoms with Crippen molar-refractivity contribution >= 4 is 11.8 Å². The molecule has 4 heteroatoms. The average Bonchev–Trinajstić information content (AvgIpc) is 2.32. The Balaban J connectivity index is 3.27. The smallest absolute Gasteiger partial charge is 0.313 e. The average molecular weight is 250 g/mol. The number of carbonyl (C=O) groups excluding carboxylic acids is 2. The van der Waals surface area contributed by atoms with Gasteiger partial charge >= 0.3 is 5.97 Å². The lowest BCUT2D eigenvalue weighted by Crippen LogP contribution is -2.13. The molecule has 0 aliphatic heterocycles. The van der Waals surface area contributed by atoms with E-state index in [1.807, 2.05) is 26.8 Å². The molecular weight excluding hydrogens is 232 g/mol. The summed E-state index contributed by atoms with van der Waals surface area (Å²) in [5, 5.41) is 0. The molecule has 18 heavy (non-hydrogen) atoms. The Morgan fingerprint density at radius 3 is 2.22 bits per heavy atom. The Kier molecular flexibility index (Phi) is 4.48. The first-order valence-electron chi connectivity index (χ1n) is 5.67. The predicted molar refractivity (Wildman–Crippen MR) is 68.2 cm³/mol. The molecule has 0 spiro atoms. The van der Waals surface area contributed by atoms with Gasteiger partial charge in [-0.1, -0.05) is 6.07 Å². The monoisotopic (exact) mass is 250 g/mol. The van der Waals surface area contributed by atoms with Crippen LogP contribution in [0, 0.1) is 20.8 Å². The molecule has 0 aliphatic rings. The second-order valence-corrected chi connectivity index (χ2v) is 4.22. The van der Waals surface area contributed by atoms with E-state index >= 15 is 0 Å². The van der Waals surface area contributed by atoms with Crippen LogP contribution in [0.15, 0.2) is 6.07 Å². The molecule has 0 saturated carbocycles. The lowest BCUT2D eigenvalue weighted by molar-refractivity contribution is -0.139. The quantitative estimate of drug-likeness (QED) is 0.467. The van der Waals surface area contributed by atoms with E-state index in [1.165, 1.54) is 14.2 Å². The van der Waals surface area contributed by atoms with E-state index < -0.39 is 5.97 Å². The van der Waals surface area contributed by atoms with Gasteiger partial charge in [0, 0.05) is 0 Å². The van der Waals surface area contributed by atoms with Crippen molar-refractivity contribution in [3.05, 3.63) is 28.3 Å². The van der Waals surface area contributed by atoms with Crippen LogP contribution in [0.3, 0.4) is 0 Å². The third-order valence-corrected chi connectivity index (χ3v) is 3.00. The third kappa shape index (κ3) is 2.70. The number of ether oxygens (including phenoxy) is 2. The van der Waals surface area contributed by atoms with Crippen molar-refractivity contribution in [2.75, 3.05) is 14.2 Å². The molecule has 0 saturated heterocycles. The molecule has 0 amide bonds. The maximum atomic E-state index is 12.1. The molecule has 0 fully saturated rings. The summed E-state index contributed by atoms with van der Waals surface area (Å²) in [6.45, 7) is 5.68. The molecule has 0 radical (unpaired) electrons. The van der Waals surface area contributed by atoms with Crippen molar-refractivity contribution in [2.24, 2.45) is 0 Å². The van der Waals surface area contributed by atoms with Crippen molar-refractivity contribution in [2.45, 2.75) is 27.2 Å². The van der Waals surface area contributed by atoms with Gasteiger partial charge in [-0.2, -0.15) is 0 Å². The summed E-state index contributed by atoms with van der Waals surface area (Å²) in [6, 6.07) is 1.92. The first-order valence-corrected chi connectivity index (χ1v) is 5.67. The van der Waals surface area contributed by atoms with Crippen LogP contribution in [0.1, 0.15) is 33.5 Å². The van der Waals surface area contributed by atoms with Crippen LogP contribution in [-0.2, 0) is 9.53 Å². The Morgan fingerprint density at radius 2 is 1.72 bits per heavy atom. The molecule has 0 unspecified atom stereocenters. The van der Waals surface area contributed by atoms with Gasteiger partial charge in [-0.05, 0) is 37.5 Å². The number of hydrogen-bond donors (Lipinski definition) is 0. The van der Waals surface area contributed by atoms with E-state index in [-0.39, 0.29) is 12.2 Å². The Bertz CT molecular complexity index is 489. The summed E-state index contributed by atoms with van der Waals surface area (Å²) in [7, 11) is 2.79. The fraction of sp³-hybridized carbons (Fsp3) is 0.429. The predicted octanol–water partition coefficient (Wildman–Crippen LogP) is 2.37. The lowest BCUT2D eigenvalue weighted by Gasteiger charge is -2.15. The first-order chi connectivity index (χ1) is 8.42. The van der Waals surface area contributed by atoms with Crippen LogP contribution < -0.4 is 4.74 Å². The summed E-state index contributed by atoms with van der Waals surface area (Å²) in [5.41, 5.74) is 3.24. The van der Waals surface area contributed by atoms with Crippen LogP contribution in [0.4, 0.5) is 0 Å². The van der Waals surface area contributed by atoms with E-state index in [0.29, 0.717) is 11.3 Å². The number of esters is 1. The summed E-state index contributed by atoms with van der Waals surface area (Å²) in [6.07, 6.45) is -0.268. The van der Waals surface area contributed by atoms with E-state index in [1.54, 1.807) is 0 Å². The number of benzene rings is 1. The maximum Gasteiger partial charge on any atom is 0.313 e. The van der Waals surface area contributed by atoms with Crippen LogP contribution in [0.25, 0.3) is 0 Å². The molecule has 1 aromatic carbocycles. The molecule has 0 N–H and O–H groups in total. The fourth-order valence-corrected chi connectivity index (χ4v) is 1.94. The zero-order valence-electron chi connectivity index (χ0n) is 11.4. The summed E-state index contributed by atoms with van der Waals surface area (Å²) in [4.78, 5) is 23.3. The number of methoxy groups -OCH3 is 2. The SMILES string of the molecule is COC(=O)CC(=O)c1c(C)cc(C)c(C)c1OC. The molecule has 1 rings (SSSR count). The van der Waals surface area contributed by atoms with Crippen molar-refractivity contribution in [1.82, 2.24) is 0 Å². The topological polar surface area (TPSA) is 52.6 Å². The molecule has 1 aromatic rings. The maximum absolute atomic E-state index is 12.1. The highest BCUT2D eigenvalue weighted by Gasteiger charge is 2.21. The van der Waals surface area contributed by atoms with Gasteiger partial charge in [0.05, 0.1) is 19.8 Å². The largest absolute Gasteiger partial charge is 0.496 e. The van der Waals surface area contributed by atoms with Gasteiger partial charge < -0.3 is 9.47 Å². The Hall–Kier alpha value is -1.84. The highest BCUT2D eigenvalue weighted by atomic mass is 16.5. The van der Waals surface area contributed by atoms with E-state index in [4.69, 9.17) is 4.74 Å². The van der Waals surface area contributed by atoms with Crippen LogP contribution >= 0.6 is 0 Å². The molecule has 0 aliphatic carbocycles. The Morgan fingerprint density at radius 1 is 1.11 bits per heavy atom. The van der Waals surface area contributed by atoms with Crippen molar-refractivity contribution in [3.8, 4) is 5.75 Å². The number of carbonyl (C=O) groups is 2. The van der Waals surface area contributed by atoms with Crippen molar-refractivity contribution < 1.29 is 19.1 Å². The number of rotatable bonds is 4. The molecule has 0 heterocycles. The highest BCUT2D eigenvalue weighted by Crippen LogP contribution is 2.30. The molecular formula is C14H18O4. The molecule has 98 valence electrons. The lowest BCUT2D eigenvalue weighted by atomic mass is 9.95. The van der Waals surface area contributed by atoms with Crippen LogP contribution in [0.2, 0.25) is 0 Å².